The Hall–Kier alpha value is -6.00. The Balaban J connectivity index is 1.11. The molecule has 3 aromatic carbocycles. The zero-order chi connectivity index (χ0) is 47.8. The van der Waals surface area contributed by atoms with Gasteiger partial charge in [-0.3, -0.25) is 9.59 Å². The number of aromatic amines is 2. The van der Waals surface area contributed by atoms with Crippen LogP contribution in [0.3, 0.4) is 0 Å². The van der Waals surface area contributed by atoms with Crippen molar-refractivity contribution in [1.29, 1.82) is 0 Å². The van der Waals surface area contributed by atoms with Crippen molar-refractivity contribution in [2.24, 2.45) is 11.8 Å². The molecule has 0 saturated carbocycles. The van der Waals surface area contributed by atoms with E-state index in [4.69, 9.17) is 28.9 Å². The Kier molecular flexibility index (Phi) is 13.9. The molecule has 5 aromatic rings. The Morgan fingerprint density at radius 3 is 1.26 bits per heavy atom. The summed E-state index contributed by atoms with van der Waals surface area (Å²) in [4.78, 5) is 73.2. The van der Waals surface area contributed by atoms with E-state index in [1.165, 1.54) is 14.2 Å². The molecule has 354 valence electrons. The summed E-state index contributed by atoms with van der Waals surface area (Å²) < 4.78 is 22.4. The topological polar surface area (TPSA) is 193 Å². The van der Waals surface area contributed by atoms with Crippen LogP contribution in [0.1, 0.15) is 106 Å². The number of amides is 4. The maximum Gasteiger partial charge on any atom is 0.407 e. The van der Waals surface area contributed by atoms with Gasteiger partial charge in [0.25, 0.3) is 0 Å². The van der Waals surface area contributed by atoms with E-state index in [9.17, 15) is 19.2 Å². The highest BCUT2D eigenvalue weighted by atomic mass is 16.5. The van der Waals surface area contributed by atoms with Crippen LogP contribution in [0.15, 0.2) is 60.7 Å². The average molecular weight is 907 g/mol. The quantitative estimate of drug-likeness (QED) is 0.0944. The smallest absolute Gasteiger partial charge is 0.407 e. The number of ether oxygens (including phenoxy) is 4. The van der Waals surface area contributed by atoms with Gasteiger partial charge in [-0.15, -0.1) is 0 Å². The summed E-state index contributed by atoms with van der Waals surface area (Å²) in [7, 11) is 2.57. The molecule has 16 heteroatoms. The molecule has 2 fully saturated rings. The van der Waals surface area contributed by atoms with Crippen molar-refractivity contribution in [3.8, 4) is 22.3 Å². The lowest BCUT2D eigenvalue weighted by Crippen LogP contribution is -2.51. The molecule has 1 unspecified atom stereocenters. The molecule has 4 amide bonds. The van der Waals surface area contributed by atoms with Crippen molar-refractivity contribution < 1.29 is 38.1 Å². The lowest BCUT2D eigenvalue weighted by Gasteiger charge is -2.30. The summed E-state index contributed by atoms with van der Waals surface area (Å²) >= 11 is 0. The summed E-state index contributed by atoms with van der Waals surface area (Å²) in [5.74, 6) is 0.527. The highest BCUT2D eigenvalue weighted by Gasteiger charge is 2.44. The van der Waals surface area contributed by atoms with Crippen molar-refractivity contribution in [1.82, 2.24) is 40.4 Å². The van der Waals surface area contributed by atoms with Crippen molar-refractivity contribution in [3.05, 3.63) is 72.3 Å². The number of hydrogen-bond acceptors (Lipinski definition) is 10. The predicted octanol–water partition coefficient (Wildman–Crippen LogP) is 8.45. The number of H-pyrrole nitrogens is 2. The third kappa shape index (κ3) is 10.8. The molecule has 4 N–H and O–H groups in total. The van der Waals surface area contributed by atoms with Crippen LogP contribution in [0.4, 0.5) is 9.59 Å². The van der Waals surface area contributed by atoms with Gasteiger partial charge in [-0.25, -0.2) is 19.6 Å². The van der Waals surface area contributed by atoms with Crippen LogP contribution in [0.25, 0.3) is 44.3 Å². The molecular weight excluding hydrogens is 841 g/mol. The SMILES string of the molecule is COC(=O)NC(C(=O)N1C[C@H](OC(C)(C)C)C[C@H]1c1nc2ccc(-c3ccc(-c4ccc5nc([C@@H]6C[C@@H](OC(C)(C)C)CN6C(=O)[C@@H](NC(=O)OC)C(C)C)[nH]c5c4)cc3)cc2[nH]1)C(C)C. The molecule has 4 heterocycles. The number of nitrogens with zero attached hydrogens (tertiary/aromatic N) is 4. The molecule has 2 saturated heterocycles. The van der Waals surface area contributed by atoms with Crippen molar-refractivity contribution in [3.63, 3.8) is 0 Å². The fourth-order valence-electron chi connectivity index (χ4n) is 9.12. The van der Waals surface area contributed by atoms with Gasteiger partial charge in [0.15, 0.2) is 0 Å². The Morgan fingerprint density at radius 2 is 0.939 bits per heavy atom. The van der Waals surface area contributed by atoms with Crippen LogP contribution in [-0.2, 0) is 28.5 Å². The Morgan fingerprint density at radius 1 is 0.591 bits per heavy atom. The van der Waals surface area contributed by atoms with Crippen LogP contribution in [0.5, 0.6) is 0 Å². The van der Waals surface area contributed by atoms with Crippen LogP contribution in [-0.4, -0.2) is 117 Å². The zero-order valence-electron chi connectivity index (χ0n) is 40.3. The molecule has 7 rings (SSSR count). The van der Waals surface area contributed by atoms with Crippen molar-refractivity contribution in [2.75, 3.05) is 27.3 Å². The van der Waals surface area contributed by atoms with Crippen LogP contribution in [0.2, 0.25) is 0 Å². The lowest BCUT2D eigenvalue weighted by atomic mass is 10.00. The summed E-state index contributed by atoms with van der Waals surface area (Å²) in [6.45, 7) is 20.3. The number of benzene rings is 3. The average Bonchev–Trinajstić information content (AvgIpc) is 4.07. The monoisotopic (exact) mass is 907 g/mol. The van der Waals surface area contributed by atoms with Gasteiger partial charge in [-0.05, 0) is 99.9 Å². The van der Waals surface area contributed by atoms with E-state index in [0.717, 1.165) is 44.3 Å². The Bertz CT molecular complexity index is 2380. The normalized spacial score (nSPS) is 20.0. The number of likely N-dealkylation sites (tertiary alicyclic amines) is 2. The minimum atomic E-state index is -0.782. The standard InChI is InChI=1S/C50H66N8O8/c1-27(2)41(55-47(61)63-11)45(59)57-25-33(65-49(5,6)7)23-39(57)43-51-35-19-17-31(21-37(35)53-43)29-13-15-30(16-14-29)32-18-20-36-38(22-32)54-44(52-36)40-24-34(66-50(8,9)10)26-58(40)46(60)42(28(3)4)56-48(62)64-12/h13-22,27-28,33-34,39-42H,23-26H2,1-12H3,(H,51,53)(H,52,54)(H,55,61)(H,56,62)/t33-,34-,39+,40+,41+,42?/m1/s1. The van der Waals surface area contributed by atoms with Gasteiger partial charge in [-0.1, -0.05) is 64.1 Å². The number of rotatable bonds is 12. The number of nitrogens with one attached hydrogen (secondary N) is 4. The molecule has 66 heavy (non-hydrogen) atoms. The number of carbonyl (C=O) groups is 4. The predicted molar refractivity (Wildman–Crippen MR) is 252 cm³/mol. The summed E-state index contributed by atoms with van der Waals surface area (Å²) in [5.41, 5.74) is 6.44. The van der Waals surface area contributed by atoms with Gasteiger partial charge in [-0.2, -0.15) is 0 Å². The van der Waals surface area contributed by atoms with Gasteiger partial charge in [0, 0.05) is 25.9 Å². The number of alkyl carbamates (subject to hydrolysis) is 2. The lowest BCUT2D eigenvalue weighted by molar-refractivity contribution is -0.137. The minimum absolute atomic E-state index is 0.178. The molecular formula is C50H66N8O8. The third-order valence-corrected chi connectivity index (χ3v) is 12.1. The fourth-order valence-corrected chi connectivity index (χ4v) is 9.12. The van der Waals surface area contributed by atoms with E-state index in [1.54, 1.807) is 9.80 Å². The van der Waals surface area contributed by atoms with E-state index in [0.29, 0.717) is 37.6 Å². The third-order valence-electron chi connectivity index (χ3n) is 12.1. The first-order chi connectivity index (χ1) is 31.1. The molecule has 2 aliphatic rings. The highest BCUT2D eigenvalue weighted by molar-refractivity contribution is 5.88. The first-order valence-electron chi connectivity index (χ1n) is 22.9. The van der Waals surface area contributed by atoms with Gasteiger partial charge in [0.1, 0.15) is 23.7 Å². The second-order valence-electron chi connectivity index (χ2n) is 20.2. The summed E-state index contributed by atoms with van der Waals surface area (Å²) in [6, 6.07) is 18.2. The molecule has 0 aliphatic carbocycles. The highest BCUT2D eigenvalue weighted by Crippen LogP contribution is 2.38. The van der Waals surface area contributed by atoms with E-state index in [-0.39, 0.29) is 35.9 Å². The number of aromatic nitrogens is 4. The van der Waals surface area contributed by atoms with E-state index in [2.05, 4.69) is 57.0 Å². The van der Waals surface area contributed by atoms with Gasteiger partial charge >= 0.3 is 12.2 Å². The first-order valence-corrected chi connectivity index (χ1v) is 22.9. The van der Waals surface area contributed by atoms with Gasteiger partial charge in [0.05, 0.1) is 71.8 Å². The summed E-state index contributed by atoms with van der Waals surface area (Å²) in [6.07, 6.45) is -0.667. The molecule has 0 radical (unpaired) electrons. The largest absolute Gasteiger partial charge is 0.453 e. The number of imidazole rings is 2. The second-order valence-corrected chi connectivity index (χ2v) is 20.2. The molecule has 16 nitrogen and oxygen atoms in total. The minimum Gasteiger partial charge on any atom is -0.453 e. The maximum absolute atomic E-state index is 14.1. The molecule has 6 atom stereocenters. The summed E-state index contributed by atoms with van der Waals surface area (Å²) in [5, 5.41) is 5.46. The van der Waals surface area contributed by atoms with Crippen molar-refractivity contribution in [2.45, 2.75) is 130 Å². The number of methoxy groups -OCH3 is 2. The number of hydrogen-bond donors (Lipinski definition) is 4. The molecule has 2 aromatic heterocycles. The molecule has 2 aliphatic heterocycles. The number of carbonyl (C=O) groups excluding carboxylic acids is 4. The number of fused-ring (bicyclic) bond motifs is 2. The Labute approximate surface area is 386 Å². The first kappa shape index (κ1) is 47.9. The second kappa shape index (κ2) is 19.1. The molecule has 0 bridgehead atoms. The maximum atomic E-state index is 14.1. The van der Waals surface area contributed by atoms with E-state index >= 15 is 0 Å². The van der Waals surface area contributed by atoms with Crippen LogP contribution in [0, 0.1) is 11.8 Å². The van der Waals surface area contributed by atoms with Crippen LogP contribution >= 0.6 is 0 Å². The van der Waals surface area contributed by atoms with Gasteiger partial charge in [0.2, 0.25) is 11.8 Å². The fraction of sp³-hybridized carbons (Fsp3) is 0.520. The van der Waals surface area contributed by atoms with E-state index in [1.807, 2.05) is 93.5 Å². The van der Waals surface area contributed by atoms with Gasteiger partial charge < -0.3 is 49.3 Å². The zero-order valence-corrected chi connectivity index (χ0v) is 40.3. The molecule has 0 spiro atoms. The van der Waals surface area contributed by atoms with Crippen LogP contribution < -0.4 is 10.6 Å². The van der Waals surface area contributed by atoms with Crippen molar-refractivity contribution >= 4 is 46.1 Å². The van der Waals surface area contributed by atoms with E-state index < -0.39 is 47.6 Å².